The first-order chi connectivity index (χ1) is 13.0. The van der Waals surface area contributed by atoms with Crippen LogP contribution in [0.25, 0.3) is 0 Å². The number of hydrazine groups is 1. The van der Waals surface area contributed by atoms with Gasteiger partial charge in [0.2, 0.25) is 0 Å². The Balaban J connectivity index is 1.73. The van der Waals surface area contributed by atoms with E-state index in [1.54, 1.807) is 55.5 Å². The highest BCUT2D eigenvalue weighted by Gasteiger charge is 2.15. The van der Waals surface area contributed by atoms with Gasteiger partial charge in [-0.25, -0.2) is 0 Å². The highest BCUT2D eigenvalue weighted by atomic mass is 35.5. The summed E-state index contributed by atoms with van der Waals surface area (Å²) < 4.78 is 16.1. The van der Waals surface area contributed by atoms with Gasteiger partial charge in [0.1, 0.15) is 17.2 Å². The zero-order valence-corrected chi connectivity index (χ0v) is 15.8. The Hall–Kier alpha value is -2.93. The summed E-state index contributed by atoms with van der Waals surface area (Å²) >= 11 is 5.93. The Kier molecular flexibility index (Phi) is 7.76. The molecule has 27 heavy (non-hydrogen) atoms. The van der Waals surface area contributed by atoms with Gasteiger partial charge < -0.3 is 14.2 Å². The van der Waals surface area contributed by atoms with Crippen LogP contribution in [0, 0.1) is 0 Å². The number of rotatable bonds is 8. The Morgan fingerprint density at radius 2 is 1.67 bits per heavy atom. The molecule has 0 fully saturated rings. The fraction of sp³-hybridized carbons (Fsp3) is 0.263. The fourth-order valence-electron chi connectivity index (χ4n) is 2.01. The summed E-state index contributed by atoms with van der Waals surface area (Å²) in [6.07, 6.45) is -0.812. The molecule has 2 amide bonds. The number of hydrogen-bond acceptors (Lipinski definition) is 5. The molecule has 0 bridgehead atoms. The quantitative estimate of drug-likeness (QED) is 0.674. The normalized spacial score (nSPS) is 11.2. The molecule has 2 rings (SSSR count). The third-order valence-corrected chi connectivity index (χ3v) is 3.65. The lowest BCUT2D eigenvalue weighted by Gasteiger charge is -2.15. The molecule has 0 saturated heterocycles. The minimum absolute atomic E-state index is 0.294. The number of para-hydroxylation sites is 1. The zero-order valence-electron chi connectivity index (χ0n) is 15.0. The van der Waals surface area contributed by atoms with Crippen LogP contribution in [0.4, 0.5) is 0 Å². The number of nitrogens with one attached hydrogen (secondary N) is 2. The molecule has 0 unspecified atom stereocenters. The summed E-state index contributed by atoms with van der Waals surface area (Å²) in [6.45, 7) is 3.74. The number of carbonyl (C=O) groups is 2. The van der Waals surface area contributed by atoms with Crippen molar-refractivity contribution in [3.05, 3.63) is 53.6 Å². The number of ether oxygens (including phenoxy) is 3. The molecule has 2 aromatic rings. The molecule has 0 spiro atoms. The van der Waals surface area contributed by atoms with Crippen molar-refractivity contribution in [2.24, 2.45) is 0 Å². The van der Waals surface area contributed by atoms with Crippen molar-refractivity contribution in [1.82, 2.24) is 10.9 Å². The molecular formula is C19H21ClN2O5. The van der Waals surface area contributed by atoms with E-state index in [2.05, 4.69) is 10.9 Å². The summed E-state index contributed by atoms with van der Waals surface area (Å²) in [4.78, 5) is 23.8. The number of hydrogen-bond donors (Lipinski definition) is 2. The fourth-order valence-corrected chi connectivity index (χ4v) is 2.20. The smallest absolute Gasteiger partial charge is 0.279 e. The first-order valence-electron chi connectivity index (χ1n) is 8.35. The van der Waals surface area contributed by atoms with Crippen molar-refractivity contribution in [3.63, 3.8) is 0 Å². The average Bonchev–Trinajstić information content (AvgIpc) is 2.67. The van der Waals surface area contributed by atoms with Gasteiger partial charge in [-0.05, 0) is 50.2 Å². The molecule has 1 atom stereocenters. The number of amides is 2. The Morgan fingerprint density at radius 3 is 2.33 bits per heavy atom. The van der Waals surface area contributed by atoms with Gasteiger partial charge in [-0.2, -0.15) is 0 Å². The molecule has 2 aromatic carbocycles. The molecule has 0 aliphatic rings. The van der Waals surface area contributed by atoms with E-state index in [1.165, 1.54) is 0 Å². The molecule has 144 valence electrons. The first-order valence-corrected chi connectivity index (χ1v) is 8.73. The molecule has 8 heteroatoms. The van der Waals surface area contributed by atoms with Crippen molar-refractivity contribution in [2.75, 3.05) is 13.2 Å². The van der Waals surface area contributed by atoms with E-state index in [0.717, 1.165) is 0 Å². The van der Waals surface area contributed by atoms with Crippen LogP contribution in [-0.4, -0.2) is 31.1 Å². The second-order valence-electron chi connectivity index (χ2n) is 5.42. The minimum Gasteiger partial charge on any atom is -0.494 e. The lowest BCUT2D eigenvalue weighted by Crippen LogP contribution is -2.48. The van der Waals surface area contributed by atoms with Crippen molar-refractivity contribution in [2.45, 2.75) is 20.0 Å². The van der Waals surface area contributed by atoms with Gasteiger partial charge in [0, 0.05) is 0 Å². The van der Waals surface area contributed by atoms with E-state index in [-0.39, 0.29) is 6.61 Å². The molecule has 2 N–H and O–H groups in total. The maximum atomic E-state index is 12.0. The summed E-state index contributed by atoms with van der Waals surface area (Å²) in [6, 6.07) is 13.7. The lowest BCUT2D eigenvalue weighted by atomic mass is 10.3. The second-order valence-corrected chi connectivity index (χ2v) is 5.83. The Labute approximate surface area is 162 Å². The van der Waals surface area contributed by atoms with Crippen molar-refractivity contribution >= 4 is 23.4 Å². The maximum absolute atomic E-state index is 12.0. The topological polar surface area (TPSA) is 85.9 Å². The van der Waals surface area contributed by atoms with Crippen molar-refractivity contribution < 1.29 is 23.8 Å². The number of halogens is 1. The Bertz CT molecular complexity index is 767. The SMILES string of the molecule is CCOc1ccc(O[C@@H](C)C(=O)NNC(=O)COc2ccccc2Cl)cc1. The number of benzene rings is 2. The second kappa shape index (κ2) is 10.3. The van der Waals surface area contributed by atoms with E-state index < -0.39 is 17.9 Å². The Morgan fingerprint density at radius 1 is 1.00 bits per heavy atom. The molecular weight excluding hydrogens is 372 g/mol. The molecule has 0 aliphatic heterocycles. The van der Waals surface area contributed by atoms with E-state index in [1.807, 2.05) is 6.92 Å². The molecule has 0 saturated carbocycles. The van der Waals surface area contributed by atoms with Gasteiger partial charge >= 0.3 is 0 Å². The third-order valence-electron chi connectivity index (χ3n) is 3.34. The highest BCUT2D eigenvalue weighted by Crippen LogP contribution is 2.22. The van der Waals surface area contributed by atoms with Gasteiger partial charge in [-0.3, -0.25) is 20.4 Å². The first kappa shape index (κ1) is 20.4. The van der Waals surface area contributed by atoms with Crippen LogP contribution in [0.1, 0.15) is 13.8 Å². The van der Waals surface area contributed by atoms with Gasteiger partial charge in [-0.15, -0.1) is 0 Å². The van der Waals surface area contributed by atoms with Crippen LogP contribution in [0.2, 0.25) is 5.02 Å². The molecule has 0 aromatic heterocycles. The predicted octanol–water partition coefficient (Wildman–Crippen LogP) is 2.73. The van der Waals surface area contributed by atoms with Crippen LogP contribution in [0.3, 0.4) is 0 Å². The van der Waals surface area contributed by atoms with Gasteiger partial charge in [0.15, 0.2) is 12.7 Å². The average molecular weight is 393 g/mol. The van der Waals surface area contributed by atoms with E-state index >= 15 is 0 Å². The van der Waals surface area contributed by atoms with E-state index in [0.29, 0.717) is 28.9 Å². The predicted molar refractivity (Wildman–Crippen MR) is 101 cm³/mol. The summed E-state index contributed by atoms with van der Waals surface area (Å²) in [7, 11) is 0. The molecule has 0 radical (unpaired) electrons. The maximum Gasteiger partial charge on any atom is 0.279 e. The van der Waals surface area contributed by atoms with E-state index in [4.69, 9.17) is 25.8 Å². The number of carbonyl (C=O) groups excluding carboxylic acids is 2. The van der Waals surface area contributed by atoms with Gasteiger partial charge in [0.25, 0.3) is 11.8 Å². The standard InChI is InChI=1S/C19H21ClN2O5/c1-3-25-14-8-10-15(11-9-14)27-13(2)19(24)22-21-18(23)12-26-17-7-5-4-6-16(17)20/h4-11,13H,3,12H2,1-2H3,(H,21,23)(H,22,24)/t13-/m0/s1. The van der Waals surface area contributed by atoms with Crippen LogP contribution >= 0.6 is 11.6 Å². The van der Waals surface area contributed by atoms with Gasteiger partial charge in [-0.1, -0.05) is 23.7 Å². The highest BCUT2D eigenvalue weighted by molar-refractivity contribution is 6.32. The minimum atomic E-state index is -0.812. The van der Waals surface area contributed by atoms with Crippen LogP contribution in [0.5, 0.6) is 17.2 Å². The summed E-state index contributed by atoms with van der Waals surface area (Å²) in [5, 5.41) is 0.395. The van der Waals surface area contributed by atoms with Crippen LogP contribution < -0.4 is 25.1 Å². The van der Waals surface area contributed by atoms with E-state index in [9.17, 15) is 9.59 Å². The molecule has 0 aliphatic carbocycles. The summed E-state index contributed by atoms with van der Waals surface area (Å²) in [5.41, 5.74) is 4.54. The van der Waals surface area contributed by atoms with Crippen molar-refractivity contribution in [3.8, 4) is 17.2 Å². The van der Waals surface area contributed by atoms with Crippen LogP contribution in [0.15, 0.2) is 48.5 Å². The zero-order chi connectivity index (χ0) is 19.6. The lowest BCUT2D eigenvalue weighted by molar-refractivity contribution is -0.133. The molecule has 0 heterocycles. The summed E-state index contributed by atoms with van der Waals surface area (Å²) in [5.74, 6) is 0.571. The van der Waals surface area contributed by atoms with Crippen LogP contribution in [-0.2, 0) is 9.59 Å². The van der Waals surface area contributed by atoms with Gasteiger partial charge in [0.05, 0.1) is 11.6 Å². The third kappa shape index (κ3) is 6.71. The monoisotopic (exact) mass is 392 g/mol. The van der Waals surface area contributed by atoms with Crippen molar-refractivity contribution in [1.29, 1.82) is 0 Å². The largest absolute Gasteiger partial charge is 0.494 e. The molecule has 7 nitrogen and oxygen atoms in total.